The molecule has 0 bridgehead atoms. The largest absolute Gasteiger partial charge is 0.330 e. The minimum absolute atomic E-state index is 0. The predicted molar refractivity (Wildman–Crippen MR) is 54.4 cm³/mol. The standard InChI is InChI=1S/C10H11N.ClH/c1-2-9-3-5-10(6-4-9)7-8-11;/h1,3-6H,7-8,11H2;1H. The molecule has 0 unspecified atom stereocenters. The molecule has 1 aromatic carbocycles. The molecule has 0 amide bonds. The van der Waals surface area contributed by atoms with Crippen LogP contribution in [0.3, 0.4) is 0 Å². The lowest BCUT2D eigenvalue weighted by atomic mass is 10.1. The molecule has 1 nitrogen and oxygen atoms in total. The zero-order chi connectivity index (χ0) is 8.10. The van der Waals surface area contributed by atoms with Gasteiger partial charge in [-0.2, -0.15) is 0 Å². The van der Waals surface area contributed by atoms with Crippen molar-refractivity contribution in [2.24, 2.45) is 5.73 Å². The summed E-state index contributed by atoms with van der Waals surface area (Å²) in [6.45, 7) is 0.690. The van der Waals surface area contributed by atoms with Gasteiger partial charge < -0.3 is 5.73 Å². The van der Waals surface area contributed by atoms with Gasteiger partial charge in [0.2, 0.25) is 0 Å². The van der Waals surface area contributed by atoms with Crippen LogP contribution in [-0.2, 0) is 6.42 Å². The molecular weight excluding hydrogens is 170 g/mol. The second-order valence-corrected chi connectivity index (χ2v) is 2.38. The molecule has 0 aromatic heterocycles. The lowest BCUT2D eigenvalue weighted by Gasteiger charge is -1.96. The summed E-state index contributed by atoms with van der Waals surface area (Å²) >= 11 is 0. The first-order valence-electron chi connectivity index (χ1n) is 3.62. The quantitative estimate of drug-likeness (QED) is 0.690. The van der Waals surface area contributed by atoms with Crippen LogP contribution in [0.2, 0.25) is 0 Å². The maximum atomic E-state index is 5.39. The minimum atomic E-state index is 0. The lowest BCUT2D eigenvalue weighted by Crippen LogP contribution is -2.02. The molecule has 64 valence electrons. The van der Waals surface area contributed by atoms with Crippen molar-refractivity contribution < 1.29 is 0 Å². The highest BCUT2D eigenvalue weighted by atomic mass is 35.5. The Bertz CT molecular complexity index is 258. The average Bonchev–Trinajstić information content (AvgIpc) is 2.07. The smallest absolute Gasteiger partial charge is 0.0242 e. The molecule has 2 heteroatoms. The second kappa shape index (κ2) is 5.65. The molecule has 0 radical (unpaired) electrons. The van der Waals surface area contributed by atoms with Gasteiger partial charge in [0.05, 0.1) is 0 Å². The zero-order valence-electron chi connectivity index (χ0n) is 6.79. The van der Waals surface area contributed by atoms with Gasteiger partial charge >= 0.3 is 0 Å². The van der Waals surface area contributed by atoms with E-state index in [9.17, 15) is 0 Å². The number of halogens is 1. The van der Waals surface area contributed by atoms with E-state index in [2.05, 4.69) is 5.92 Å². The van der Waals surface area contributed by atoms with E-state index < -0.39 is 0 Å². The molecule has 0 fully saturated rings. The molecule has 0 aliphatic carbocycles. The van der Waals surface area contributed by atoms with Crippen LogP contribution in [-0.4, -0.2) is 6.54 Å². The molecule has 0 spiro atoms. The normalized spacial score (nSPS) is 8.33. The van der Waals surface area contributed by atoms with Crippen molar-refractivity contribution in [2.45, 2.75) is 6.42 Å². The monoisotopic (exact) mass is 181 g/mol. The van der Waals surface area contributed by atoms with Crippen LogP contribution in [0, 0.1) is 12.3 Å². The van der Waals surface area contributed by atoms with Gasteiger partial charge in [-0.3, -0.25) is 0 Å². The van der Waals surface area contributed by atoms with Gasteiger partial charge in [-0.25, -0.2) is 0 Å². The highest BCUT2D eigenvalue weighted by molar-refractivity contribution is 5.85. The molecule has 0 aliphatic heterocycles. The fraction of sp³-hybridized carbons (Fsp3) is 0.200. The number of hydrogen-bond acceptors (Lipinski definition) is 1. The number of terminal acetylenes is 1. The van der Waals surface area contributed by atoms with Crippen molar-refractivity contribution in [3.05, 3.63) is 35.4 Å². The minimum Gasteiger partial charge on any atom is -0.330 e. The van der Waals surface area contributed by atoms with Gasteiger partial charge in [-0.05, 0) is 30.7 Å². The molecule has 0 heterocycles. The van der Waals surface area contributed by atoms with E-state index in [1.807, 2.05) is 24.3 Å². The van der Waals surface area contributed by atoms with Crippen molar-refractivity contribution in [2.75, 3.05) is 6.54 Å². The van der Waals surface area contributed by atoms with Gasteiger partial charge in [0, 0.05) is 5.56 Å². The number of nitrogens with two attached hydrogens (primary N) is 1. The Morgan fingerprint density at radius 1 is 1.25 bits per heavy atom. The molecule has 1 aromatic rings. The summed E-state index contributed by atoms with van der Waals surface area (Å²) in [5, 5.41) is 0. The van der Waals surface area contributed by atoms with Gasteiger partial charge in [0.1, 0.15) is 0 Å². The number of rotatable bonds is 2. The summed E-state index contributed by atoms with van der Waals surface area (Å²) in [4.78, 5) is 0. The molecule has 1 rings (SSSR count). The summed E-state index contributed by atoms with van der Waals surface area (Å²) in [5.74, 6) is 2.57. The van der Waals surface area contributed by atoms with E-state index in [-0.39, 0.29) is 12.4 Å². The van der Waals surface area contributed by atoms with Crippen LogP contribution in [0.1, 0.15) is 11.1 Å². The lowest BCUT2D eigenvalue weighted by molar-refractivity contribution is 0.969. The van der Waals surface area contributed by atoms with Crippen LogP contribution in [0.15, 0.2) is 24.3 Å². The first-order chi connectivity index (χ1) is 5.36. The van der Waals surface area contributed by atoms with E-state index in [1.54, 1.807) is 0 Å². The van der Waals surface area contributed by atoms with Gasteiger partial charge in [-0.1, -0.05) is 18.1 Å². The Morgan fingerprint density at radius 3 is 2.25 bits per heavy atom. The fourth-order valence-corrected chi connectivity index (χ4v) is 0.934. The fourth-order valence-electron chi connectivity index (χ4n) is 0.934. The van der Waals surface area contributed by atoms with Crippen molar-refractivity contribution >= 4 is 12.4 Å². The predicted octanol–water partition coefficient (Wildman–Crippen LogP) is 1.59. The summed E-state index contributed by atoms with van der Waals surface area (Å²) < 4.78 is 0. The third-order valence-electron chi connectivity index (χ3n) is 1.55. The molecule has 0 atom stereocenters. The topological polar surface area (TPSA) is 26.0 Å². The molecule has 2 N–H and O–H groups in total. The summed E-state index contributed by atoms with van der Waals surface area (Å²) in [5.41, 5.74) is 7.55. The Kier molecular flexibility index (Phi) is 5.19. The summed E-state index contributed by atoms with van der Waals surface area (Å²) in [7, 11) is 0. The van der Waals surface area contributed by atoms with Crippen LogP contribution in [0.5, 0.6) is 0 Å². The molecule has 0 saturated heterocycles. The first kappa shape index (κ1) is 11.0. The molecule has 0 aliphatic rings. The Morgan fingerprint density at radius 2 is 1.83 bits per heavy atom. The SMILES string of the molecule is C#Cc1ccc(CCN)cc1.Cl. The van der Waals surface area contributed by atoms with E-state index in [1.165, 1.54) is 5.56 Å². The van der Waals surface area contributed by atoms with Crippen molar-refractivity contribution in [1.82, 2.24) is 0 Å². The molecule has 0 saturated carbocycles. The van der Waals surface area contributed by atoms with Crippen molar-refractivity contribution in [3.8, 4) is 12.3 Å². The average molecular weight is 182 g/mol. The highest BCUT2D eigenvalue weighted by Crippen LogP contribution is 2.02. The highest BCUT2D eigenvalue weighted by Gasteiger charge is 1.89. The maximum Gasteiger partial charge on any atom is 0.0242 e. The first-order valence-corrected chi connectivity index (χ1v) is 3.62. The van der Waals surface area contributed by atoms with E-state index in [0.717, 1.165) is 12.0 Å². The zero-order valence-corrected chi connectivity index (χ0v) is 7.60. The molecular formula is C10H12ClN. The second-order valence-electron chi connectivity index (χ2n) is 2.38. The van der Waals surface area contributed by atoms with Crippen LogP contribution in [0.4, 0.5) is 0 Å². The van der Waals surface area contributed by atoms with Crippen LogP contribution in [0.25, 0.3) is 0 Å². The van der Waals surface area contributed by atoms with Crippen LogP contribution < -0.4 is 5.73 Å². The third-order valence-corrected chi connectivity index (χ3v) is 1.55. The van der Waals surface area contributed by atoms with Gasteiger partial charge in [0.25, 0.3) is 0 Å². The maximum absolute atomic E-state index is 5.39. The summed E-state index contributed by atoms with van der Waals surface area (Å²) in [6, 6.07) is 7.90. The van der Waals surface area contributed by atoms with E-state index >= 15 is 0 Å². The van der Waals surface area contributed by atoms with E-state index in [4.69, 9.17) is 12.2 Å². The molecule has 12 heavy (non-hydrogen) atoms. The van der Waals surface area contributed by atoms with Crippen molar-refractivity contribution in [3.63, 3.8) is 0 Å². The number of benzene rings is 1. The van der Waals surface area contributed by atoms with E-state index in [0.29, 0.717) is 6.54 Å². The third kappa shape index (κ3) is 2.96. The Labute approximate surface area is 79.4 Å². The summed E-state index contributed by atoms with van der Waals surface area (Å²) in [6.07, 6.45) is 6.12. The Balaban J connectivity index is 0.00000121. The van der Waals surface area contributed by atoms with Gasteiger partial charge in [-0.15, -0.1) is 18.8 Å². The Hall–Kier alpha value is -0.970. The van der Waals surface area contributed by atoms with Crippen molar-refractivity contribution in [1.29, 1.82) is 0 Å². The van der Waals surface area contributed by atoms with Crippen LogP contribution >= 0.6 is 12.4 Å². The van der Waals surface area contributed by atoms with Gasteiger partial charge in [0.15, 0.2) is 0 Å². The number of hydrogen-bond donors (Lipinski definition) is 1.